The van der Waals surface area contributed by atoms with Crippen molar-refractivity contribution in [3.8, 4) is 0 Å². The van der Waals surface area contributed by atoms with Crippen LogP contribution in [0, 0.1) is 0 Å². The zero-order valence-corrected chi connectivity index (χ0v) is 15.8. The lowest BCUT2D eigenvalue weighted by atomic mass is 10.1. The van der Waals surface area contributed by atoms with Crippen LogP contribution in [-0.2, 0) is 11.2 Å². The molecule has 4 nitrogen and oxygen atoms in total. The number of anilines is 1. The number of thiazole rings is 1. The molecule has 2 heterocycles. The minimum atomic E-state index is 0.112. The van der Waals surface area contributed by atoms with Gasteiger partial charge in [-0.3, -0.25) is 4.79 Å². The van der Waals surface area contributed by atoms with E-state index in [4.69, 9.17) is 0 Å². The molecule has 0 bridgehead atoms. The van der Waals surface area contributed by atoms with Crippen molar-refractivity contribution in [2.24, 2.45) is 0 Å². The van der Waals surface area contributed by atoms with Gasteiger partial charge in [0.25, 0.3) is 0 Å². The molecule has 1 aromatic heterocycles. The van der Waals surface area contributed by atoms with E-state index in [1.54, 1.807) is 11.3 Å². The molecule has 0 spiro atoms. The smallest absolute Gasteiger partial charge is 0.224 e. The van der Waals surface area contributed by atoms with Crippen LogP contribution in [-0.4, -0.2) is 30.0 Å². The summed E-state index contributed by atoms with van der Waals surface area (Å²) in [7, 11) is 0. The van der Waals surface area contributed by atoms with Gasteiger partial charge in [-0.15, -0.1) is 0 Å². The van der Waals surface area contributed by atoms with Gasteiger partial charge in [0.2, 0.25) is 5.91 Å². The Kier molecular flexibility index (Phi) is 4.59. The summed E-state index contributed by atoms with van der Waals surface area (Å²) in [6, 6.07) is 8.77. The topological polar surface area (TPSA) is 45.2 Å². The van der Waals surface area contributed by atoms with Crippen molar-refractivity contribution in [2.75, 3.05) is 18.0 Å². The highest BCUT2D eigenvalue weighted by Gasteiger charge is 2.26. The molecule has 0 radical (unpaired) electrons. The third kappa shape index (κ3) is 3.81. The highest BCUT2D eigenvalue weighted by Crippen LogP contribution is 2.39. The van der Waals surface area contributed by atoms with Crippen molar-refractivity contribution >= 4 is 38.3 Å². The number of hydrogen-bond acceptors (Lipinski definition) is 4. The number of halogens is 1. The molecule has 1 amide bonds. The van der Waals surface area contributed by atoms with Gasteiger partial charge in [0, 0.05) is 19.1 Å². The Balaban J connectivity index is 1.28. The van der Waals surface area contributed by atoms with Crippen LogP contribution in [0.5, 0.6) is 0 Å². The average Bonchev–Trinajstić information content (AvgIpc) is 3.17. The third-order valence-electron chi connectivity index (χ3n) is 4.68. The van der Waals surface area contributed by atoms with Gasteiger partial charge in [0.1, 0.15) is 0 Å². The number of carbonyl (C=O) groups excluding carboxylic acids is 1. The van der Waals surface area contributed by atoms with Crippen molar-refractivity contribution in [2.45, 2.75) is 37.6 Å². The second-order valence-electron chi connectivity index (χ2n) is 6.64. The van der Waals surface area contributed by atoms with Crippen LogP contribution in [0.4, 0.5) is 5.13 Å². The van der Waals surface area contributed by atoms with Crippen molar-refractivity contribution in [1.82, 2.24) is 10.3 Å². The van der Waals surface area contributed by atoms with E-state index in [9.17, 15) is 4.79 Å². The monoisotopic (exact) mass is 405 g/mol. The summed E-state index contributed by atoms with van der Waals surface area (Å²) in [6.07, 6.45) is 5.90. The van der Waals surface area contributed by atoms with Gasteiger partial charge in [0.15, 0.2) is 5.13 Å². The zero-order chi connectivity index (χ0) is 16.5. The SMILES string of the molecule is O=C(Cc1ccc(C2CC2)cc1)NC1CCN(c2ncc(Br)s2)C1. The second kappa shape index (κ2) is 6.84. The van der Waals surface area contributed by atoms with E-state index in [1.807, 2.05) is 6.20 Å². The fourth-order valence-electron chi connectivity index (χ4n) is 3.23. The van der Waals surface area contributed by atoms with E-state index in [0.29, 0.717) is 6.42 Å². The Morgan fingerprint density at radius 3 is 2.75 bits per heavy atom. The van der Waals surface area contributed by atoms with Crippen LogP contribution >= 0.6 is 27.3 Å². The fourth-order valence-corrected chi connectivity index (χ4v) is 4.45. The first-order valence-electron chi connectivity index (χ1n) is 8.42. The summed E-state index contributed by atoms with van der Waals surface area (Å²) in [5.74, 6) is 0.879. The average molecular weight is 406 g/mol. The Labute approximate surface area is 154 Å². The van der Waals surface area contributed by atoms with Gasteiger partial charge in [-0.2, -0.15) is 0 Å². The maximum Gasteiger partial charge on any atom is 0.224 e. The second-order valence-corrected chi connectivity index (χ2v) is 9.03. The first kappa shape index (κ1) is 16.1. The van der Waals surface area contributed by atoms with Crippen LogP contribution in [0.25, 0.3) is 0 Å². The van der Waals surface area contributed by atoms with Crippen LogP contribution in [0.1, 0.15) is 36.3 Å². The molecule has 1 N–H and O–H groups in total. The maximum absolute atomic E-state index is 12.3. The molecule has 1 aromatic carbocycles. The Bertz CT molecular complexity index is 726. The Morgan fingerprint density at radius 1 is 1.29 bits per heavy atom. The molecular weight excluding hydrogens is 386 g/mol. The lowest BCUT2D eigenvalue weighted by Gasteiger charge is -2.16. The number of rotatable bonds is 5. The molecule has 1 saturated carbocycles. The van der Waals surface area contributed by atoms with Gasteiger partial charge >= 0.3 is 0 Å². The molecule has 2 aromatic rings. The fraction of sp³-hybridized carbons (Fsp3) is 0.444. The molecule has 1 saturated heterocycles. The first-order valence-corrected chi connectivity index (χ1v) is 10.0. The van der Waals surface area contributed by atoms with E-state index >= 15 is 0 Å². The van der Waals surface area contributed by atoms with Crippen molar-refractivity contribution in [1.29, 1.82) is 0 Å². The summed E-state index contributed by atoms with van der Waals surface area (Å²) in [6.45, 7) is 1.79. The summed E-state index contributed by atoms with van der Waals surface area (Å²) < 4.78 is 1.04. The van der Waals surface area contributed by atoms with Gasteiger partial charge < -0.3 is 10.2 Å². The van der Waals surface area contributed by atoms with Crippen LogP contribution < -0.4 is 10.2 Å². The molecule has 1 aliphatic heterocycles. The molecular formula is C18H20BrN3OS. The minimum Gasteiger partial charge on any atom is -0.351 e. The van der Waals surface area contributed by atoms with Crippen molar-refractivity contribution in [3.05, 3.63) is 45.4 Å². The number of amides is 1. The third-order valence-corrected chi connectivity index (χ3v) is 6.22. The van der Waals surface area contributed by atoms with Crippen molar-refractivity contribution < 1.29 is 4.79 Å². The Morgan fingerprint density at radius 2 is 2.08 bits per heavy atom. The van der Waals surface area contributed by atoms with Crippen molar-refractivity contribution in [3.63, 3.8) is 0 Å². The maximum atomic E-state index is 12.3. The summed E-state index contributed by atoms with van der Waals surface area (Å²) in [4.78, 5) is 18.9. The Hall–Kier alpha value is -1.40. The molecule has 6 heteroatoms. The molecule has 2 aliphatic rings. The summed E-state index contributed by atoms with van der Waals surface area (Å²) >= 11 is 5.09. The molecule has 4 rings (SSSR count). The molecule has 1 aliphatic carbocycles. The predicted molar refractivity (Wildman–Crippen MR) is 101 cm³/mol. The van der Waals surface area contributed by atoms with Gasteiger partial charge in [-0.05, 0) is 52.2 Å². The van der Waals surface area contributed by atoms with E-state index in [-0.39, 0.29) is 11.9 Å². The molecule has 24 heavy (non-hydrogen) atoms. The van der Waals surface area contributed by atoms with Crippen LogP contribution in [0.2, 0.25) is 0 Å². The lowest BCUT2D eigenvalue weighted by Crippen LogP contribution is -2.37. The number of hydrogen-bond donors (Lipinski definition) is 1. The van der Waals surface area contributed by atoms with Gasteiger partial charge in [-0.25, -0.2) is 4.98 Å². The highest BCUT2D eigenvalue weighted by atomic mass is 79.9. The molecule has 1 unspecified atom stereocenters. The summed E-state index contributed by atoms with van der Waals surface area (Å²) in [5, 5.41) is 4.19. The number of carbonyl (C=O) groups is 1. The molecule has 126 valence electrons. The minimum absolute atomic E-state index is 0.112. The zero-order valence-electron chi connectivity index (χ0n) is 13.4. The normalized spacial score (nSPS) is 20.4. The van der Waals surface area contributed by atoms with Gasteiger partial charge in [0.05, 0.1) is 16.4 Å². The van der Waals surface area contributed by atoms with Crippen LogP contribution in [0.15, 0.2) is 34.2 Å². The first-order chi connectivity index (χ1) is 11.7. The largest absolute Gasteiger partial charge is 0.351 e. The standard InChI is InChI=1S/C18H20BrN3OS/c19-16-10-20-18(24-16)22-8-7-15(11-22)21-17(23)9-12-1-3-13(4-2-12)14-5-6-14/h1-4,10,14-15H,5-9,11H2,(H,21,23). The highest BCUT2D eigenvalue weighted by molar-refractivity contribution is 9.11. The van der Waals surface area contributed by atoms with E-state index < -0.39 is 0 Å². The molecule has 1 atom stereocenters. The molecule has 2 fully saturated rings. The quantitative estimate of drug-likeness (QED) is 0.823. The number of nitrogens with zero attached hydrogens (tertiary/aromatic N) is 2. The number of aromatic nitrogens is 1. The predicted octanol–water partition coefficient (Wildman–Crippen LogP) is 3.72. The summed E-state index contributed by atoms with van der Waals surface area (Å²) in [5.41, 5.74) is 2.51. The van der Waals surface area contributed by atoms with E-state index in [2.05, 4.69) is 55.4 Å². The number of nitrogens with one attached hydrogen (secondary N) is 1. The van der Waals surface area contributed by atoms with Gasteiger partial charge in [-0.1, -0.05) is 35.6 Å². The van der Waals surface area contributed by atoms with E-state index in [0.717, 1.165) is 39.9 Å². The van der Waals surface area contributed by atoms with Crippen LogP contribution in [0.3, 0.4) is 0 Å². The van der Waals surface area contributed by atoms with E-state index in [1.165, 1.54) is 18.4 Å². The lowest BCUT2D eigenvalue weighted by molar-refractivity contribution is -0.121. The number of benzene rings is 1.